The van der Waals surface area contributed by atoms with Crippen LogP contribution in [0.4, 0.5) is 0 Å². The lowest BCUT2D eigenvalue weighted by Crippen LogP contribution is -2.47. The molecule has 0 radical (unpaired) electrons. The zero-order valence-electron chi connectivity index (χ0n) is 15.1. The minimum absolute atomic E-state index is 0.0732. The Labute approximate surface area is 155 Å². The summed E-state index contributed by atoms with van der Waals surface area (Å²) in [7, 11) is -2.35. The van der Waals surface area contributed by atoms with Crippen LogP contribution in [0.25, 0.3) is 6.08 Å². The molecule has 1 aromatic carbocycles. The Morgan fingerprint density at radius 1 is 1.15 bits per heavy atom. The second-order valence-corrected chi connectivity index (χ2v) is 9.43. The van der Waals surface area contributed by atoms with Gasteiger partial charge >= 0.3 is 5.97 Å². The Morgan fingerprint density at radius 3 is 2.73 bits per heavy atom. The summed E-state index contributed by atoms with van der Waals surface area (Å²) in [6.45, 7) is 0. The van der Waals surface area contributed by atoms with E-state index in [0.717, 1.165) is 31.2 Å². The summed E-state index contributed by atoms with van der Waals surface area (Å²) in [6.07, 6.45) is 7.53. The predicted octanol–water partition coefficient (Wildman–Crippen LogP) is 3.11. The van der Waals surface area contributed by atoms with Crippen LogP contribution < -0.4 is 0 Å². The second kappa shape index (κ2) is 6.82. The molecule has 3 atom stereocenters. The Morgan fingerprint density at radius 2 is 1.92 bits per heavy atom. The third-order valence-electron chi connectivity index (χ3n) is 6.12. The number of rotatable bonds is 3. The van der Waals surface area contributed by atoms with E-state index in [2.05, 4.69) is 0 Å². The zero-order chi connectivity index (χ0) is 18.3. The molecule has 0 aromatic heterocycles. The normalized spacial score (nSPS) is 28.8. The largest absolute Gasteiger partial charge is 0.468 e. The van der Waals surface area contributed by atoms with Crippen LogP contribution in [-0.4, -0.2) is 37.9 Å². The van der Waals surface area contributed by atoms with Crippen molar-refractivity contribution in [1.82, 2.24) is 4.31 Å². The minimum Gasteiger partial charge on any atom is -0.468 e. The number of carbonyl (C=O) groups is 1. The first-order valence-electron chi connectivity index (χ1n) is 9.42. The van der Waals surface area contributed by atoms with Crippen molar-refractivity contribution in [2.24, 2.45) is 5.92 Å². The van der Waals surface area contributed by atoms with Gasteiger partial charge in [-0.25, -0.2) is 8.42 Å². The summed E-state index contributed by atoms with van der Waals surface area (Å²) in [5, 5.41) is 0. The van der Waals surface area contributed by atoms with Gasteiger partial charge in [0, 0.05) is 6.04 Å². The summed E-state index contributed by atoms with van der Waals surface area (Å²) in [5.74, 6) is -0.168. The highest BCUT2D eigenvalue weighted by Gasteiger charge is 2.51. The maximum atomic E-state index is 13.5. The molecule has 0 amide bonds. The molecule has 1 saturated heterocycles. The molecule has 1 aromatic rings. The number of hydrogen-bond acceptors (Lipinski definition) is 4. The molecule has 140 valence electrons. The molecule has 4 rings (SSSR count). The van der Waals surface area contributed by atoms with E-state index >= 15 is 0 Å². The number of carbonyl (C=O) groups excluding carboxylic acids is 1. The molecule has 0 bridgehead atoms. The van der Waals surface area contributed by atoms with E-state index in [0.29, 0.717) is 24.2 Å². The first kappa shape index (κ1) is 17.7. The topological polar surface area (TPSA) is 63.7 Å². The molecule has 26 heavy (non-hydrogen) atoms. The van der Waals surface area contributed by atoms with Crippen molar-refractivity contribution in [1.29, 1.82) is 0 Å². The van der Waals surface area contributed by atoms with Crippen LogP contribution >= 0.6 is 0 Å². The lowest BCUT2D eigenvalue weighted by Gasteiger charge is -2.33. The van der Waals surface area contributed by atoms with Gasteiger partial charge in [-0.05, 0) is 55.2 Å². The van der Waals surface area contributed by atoms with Crippen molar-refractivity contribution in [3.63, 3.8) is 0 Å². The van der Waals surface area contributed by atoms with Gasteiger partial charge in [0.2, 0.25) is 10.0 Å². The average molecular weight is 375 g/mol. The van der Waals surface area contributed by atoms with E-state index < -0.39 is 22.0 Å². The first-order valence-corrected chi connectivity index (χ1v) is 10.9. The van der Waals surface area contributed by atoms with Crippen molar-refractivity contribution in [3.8, 4) is 0 Å². The van der Waals surface area contributed by atoms with Crippen LogP contribution in [0.3, 0.4) is 0 Å². The number of methoxy groups -OCH3 is 1. The molecule has 1 heterocycles. The number of fused-ring (bicyclic) bond motifs is 2. The van der Waals surface area contributed by atoms with E-state index in [1.165, 1.54) is 17.0 Å². The summed E-state index contributed by atoms with van der Waals surface area (Å²) >= 11 is 0. The first-order chi connectivity index (χ1) is 12.5. The number of ether oxygens (including phenoxy) is 1. The molecular weight excluding hydrogens is 350 g/mol. The molecule has 3 aliphatic rings. The fraction of sp³-hybridized carbons (Fsp3) is 0.550. The quantitative estimate of drug-likeness (QED) is 0.762. The van der Waals surface area contributed by atoms with Crippen LogP contribution in [0, 0.1) is 5.92 Å². The highest BCUT2D eigenvalue weighted by atomic mass is 32.2. The van der Waals surface area contributed by atoms with Crippen LogP contribution in [0.2, 0.25) is 0 Å². The fourth-order valence-electron chi connectivity index (χ4n) is 4.85. The zero-order valence-corrected chi connectivity index (χ0v) is 15.9. The summed E-state index contributed by atoms with van der Waals surface area (Å²) in [4.78, 5) is 12.8. The molecule has 3 unspecified atom stereocenters. The molecule has 1 saturated carbocycles. The van der Waals surface area contributed by atoms with Gasteiger partial charge in [-0.3, -0.25) is 4.79 Å². The van der Waals surface area contributed by atoms with Crippen molar-refractivity contribution in [2.75, 3.05) is 7.11 Å². The molecule has 6 heteroatoms. The number of nitrogens with zero attached hydrogens (tertiary/aromatic N) is 1. The van der Waals surface area contributed by atoms with Gasteiger partial charge < -0.3 is 4.74 Å². The van der Waals surface area contributed by atoms with Crippen LogP contribution in [-0.2, 0) is 26.0 Å². The minimum atomic E-state index is -3.69. The summed E-state index contributed by atoms with van der Waals surface area (Å²) < 4.78 is 33.5. The number of aryl methyl sites for hydroxylation is 1. The van der Waals surface area contributed by atoms with Gasteiger partial charge in [-0.15, -0.1) is 0 Å². The van der Waals surface area contributed by atoms with Crippen LogP contribution in [0.1, 0.15) is 49.7 Å². The fourth-order valence-corrected chi connectivity index (χ4v) is 6.89. The van der Waals surface area contributed by atoms with Gasteiger partial charge in [0.25, 0.3) is 0 Å². The molecule has 0 N–H and O–H groups in total. The van der Waals surface area contributed by atoms with Crippen molar-refractivity contribution in [3.05, 3.63) is 40.3 Å². The number of sulfonamides is 1. The lowest BCUT2D eigenvalue weighted by atomic mass is 9.85. The van der Waals surface area contributed by atoms with Crippen LogP contribution in [0.15, 0.2) is 29.2 Å². The molecule has 2 fully saturated rings. The van der Waals surface area contributed by atoms with Gasteiger partial charge in [-0.1, -0.05) is 37.1 Å². The van der Waals surface area contributed by atoms with Gasteiger partial charge in [0.05, 0.1) is 12.0 Å². The highest BCUT2D eigenvalue weighted by molar-refractivity contribution is 7.93. The number of hydrogen-bond donors (Lipinski definition) is 0. The number of benzene rings is 1. The SMILES string of the molecule is COC(=O)C1CC2CCCCC2N1S(=O)(=O)C1=Cc2ccccc2CC1. The van der Waals surface area contributed by atoms with Gasteiger partial charge in [0.15, 0.2) is 0 Å². The summed E-state index contributed by atoms with van der Waals surface area (Å²) in [6, 6.07) is 7.14. The van der Waals surface area contributed by atoms with E-state index in [4.69, 9.17) is 4.74 Å². The second-order valence-electron chi connectivity index (χ2n) is 7.53. The molecule has 2 aliphatic carbocycles. The van der Waals surface area contributed by atoms with E-state index in [-0.39, 0.29) is 12.0 Å². The number of esters is 1. The smallest absolute Gasteiger partial charge is 0.324 e. The third kappa shape index (κ3) is 2.89. The molecule has 1 aliphatic heterocycles. The van der Waals surface area contributed by atoms with Crippen molar-refractivity contribution in [2.45, 2.75) is 57.0 Å². The molecule has 0 spiro atoms. The molecular formula is C20H25NO4S. The Balaban J connectivity index is 1.73. The third-order valence-corrected chi connectivity index (χ3v) is 8.19. The van der Waals surface area contributed by atoms with Gasteiger partial charge in [0.1, 0.15) is 6.04 Å². The highest BCUT2D eigenvalue weighted by Crippen LogP contribution is 2.44. The van der Waals surface area contributed by atoms with Crippen LogP contribution in [0.5, 0.6) is 0 Å². The number of allylic oxidation sites excluding steroid dienone is 1. The maximum Gasteiger partial charge on any atom is 0.324 e. The Bertz CT molecular complexity index is 845. The standard InChI is InChI=1S/C20H25NO4S/c1-25-20(22)19-13-16-8-4-5-9-18(16)21(19)26(23,24)17-11-10-14-6-2-3-7-15(14)12-17/h2-3,6-7,12,16,18-19H,4-5,8-11,13H2,1H3. The van der Waals surface area contributed by atoms with E-state index in [1.54, 1.807) is 6.08 Å². The predicted molar refractivity (Wildman–Crippen MR) is 99.7 cm³/mol. The summed E-state index contributed by atoms with van der Waals surface area (Å²) in [5.41, 5.74) is 2.14. The van der Waals surface area contributed by atoms with Crippen molar-refractivity contribution >= 4 is 22.1 Å². The van der Waals surface area contributed by atoms with Crippen molar-refractivity contribution < 1.29 is 17.9 Å². The Kier molecular flexibility index (Phi) is 4.65. The van der Waals surface area contributed by atoms with E-state index in [9.17, 15) is 13.2 Å². The maximum absolute atomic E-state index is 13.5. The molecule has 5 nitrogen and oxygen atoms in total. The monoisotopic (exact) mass is 375 g/mol. The van der Waals surface area contributed by atoms with E-state index in [1.807, 2.05) is 24.3 Å². The Hall–Kier alpha value is -1.66. The average Bonchev–Trinajstić information content (AvgIpc) is 3.07. The lowest BCUT2D eigenvalue weighted by molar-refractivity contribution is -0.144. The van der Waals surface area contributed by atoms with Gasteiger partial charge in [-0.2, -0.15) is 4.31 Å².